The molecule has 0 radical (unpaired) electrons. The number of hydrogen-bond acceptors (Lipinski definition) is 4. The number of esters is 1. The monoisotopic (exact) mass is 519 g/mol. The molecule has 0 saturated carbocycles. The Labute approximate surface area is 232 Å². The van der Waals surface area contributed by atoms with Crippen molar-refractivity contribution >= 4 is 17.7 Å². The zero-order valence-corrected chi connectivity index (χ0v) is 22.9. The second kappa shape index (κ2) is 14.6. The van der Waals surface area contributed by atoms with Crippen LogP contribution in [-0.4, -0.2) is 33.3 Å². The Morgan fingerprint density at radius 2 is 1.15 bits per heavy atom. The van der Waals surface area contributed by atoms with E-state index < -0.39 is 0 Å². The number of rotatable bonds is 13. The SMILES string of the molecule is CN(C)c1ccc(-c2ccc(-c3ccc(OCCCCCCOC(=O)/C=C/c4ccccc4)cc3)cc2)cc1. The molecule has 0 N–H and O–H groups in total. The van der Waals surface area contributed by atoms with E-state index in [-0.39, 0.29) is 5.97 Å². The third-order valence-corrected chi connectivity index (χ3v) is 6.55. The molecule has 200 valence electrons. The van der Waals surface area contributed by atoms with E-state index in [1.807, 2.05) is 42.5 Å². The molecule has 0 spiro atoms. The minimum absolute atomic E-state index is 0.295. The van der Waals surface area contributed by atoms with Gasteiger partial charge in [0.05, 0.1) is 13.2 Å². The van der Waals surface area contributed by atoms with Crippen LogP contribution in [0.5, 0.6) is 5.75 Å². The number of carbonyl (C=O) groups excluding carboxylic acids is 1. The summed E-state index contributed by atoms with van der Waals surface area (Å²) in [4.78, 5) is 13.9. The van der Waals surface area contributed by atoms with Gasteiger partial charge in [-0.05, 0) is 83.8 Å². The number of benzene rings is 4. The molecule has 0 aliphatic heterocycles. The van der Waals surface area contributed by atoms with Crippen LogP contribution in [0.4, 0.5) is 5.69 Å². The van der Waals surface area contributed by atoms with E-state index in [0.29, 0.717) is 13.2 Å². The van der Waals surface area contributed by atoms with Gasteiger partial charge in [0.1, 0.15) is 5.75 Å². The molecule has 0 unspecified atom stereocenters. The van der Waals surface area contributed by atoms with Crippen molar-refractivity contribution in [3.63, 3.8) is 0 Å². The fourth-order valence-corrected chi connectivity index (χ4v) is 4.25. The minimum Gasteiger partial charge on any atom is -0.494 e. The Kier molecular flexibility index (Phi) is 10.4. The van der Waals surface area contributed by atoms with Crippen LogP contribution >= 0.6 is 0 Å². The summed E-state index contributed by atoms with van der Waals surface area (Å²) < 4.78 is 11.2. The highest BCUT2D eigenvalue weighted by Gasteiger charge is 2.03. The Hall–Kier alpha value is -4.31. The lowest BCUT2D eigenvalue weighted by atomic mass is 10.00. The van der Waals surface area contributed by atoms with Crippen molar-refractivity contribution in [3.8, 4) is 28.0 Å². The first-order valence-electron chi connectivity index (χ1n) is 13.6. The van der Waals surface area contributed by atoms with Crippen LogP contribution in [-0.2, 0) is 9.53 Å². The zero-order chi connectivity index (χ0) is 27.3. The summed E-state index contributed by atoms with van der Waals surface area (Å²) in [6.07, 6.45) is 7.14. The van der Waals surface area contributed by atoms with Gasteiger partial charge in [0.15, 0.2) is 0 Å². The molecule has 4 nitrogen and oxygen atoms in total. The van der Waals surface area contributed by atoms with Gasteiger partial charge in [-0.1, -0.05) is 78.9 Å². The normalized spacial score (nSPS) is 10.9. The molecule has 0 heterocycles. The Morgan fingerprint density at radius 3 is 1.72 bits per heavy atom. The quantitative estimate of drug-likeness (QED) is 0.101. The molecule has 0 fully saturated rings. The van der Waals surface area contributed by atoms with Gasteiger partial charge in [-0.3, -0.25) is 0 Å². The van der Waals surface area contributed by atoms with Crippen LogP contribution < -0.4 is 9.64 Å². The maximum absolute atomic E-state index is 11.8. The van der Waals surface area contributed by atoms with Crippen LogP contribution in [0.1, 0.15) is 31.2 Å². The van der Waals surface area contributed by atoms with Gasteiger partial charge in [-0.2, -0.15) is 0 Å². The standard InChI is InChI=1S/C35H37NO3/c1-36(2)33-21-17-31(18-22-33)29-13-15-30(16-14-29)32-19-23-34(24-20-32)38-26-8-3-4-9-27-39-35(37)25-12-28-10-6-5-7-11-28/h5-7,10-25H,3-4,8-9,26-27H2,1-2H3/b25-12+. The van der Waals surface area contributed by atoms with Crippen molar-refractivity contribution in [1.29, 1.82) is 0 Å². The van der Waals surface area contributed by atoms with Gasteiger partial charge < -0.3 is 14.4 Å². The summed E-state index contributed by atoms with van der Waals surface area (Å²) >= 11 is 0. The van der Waals surface area contributed by atoms with E-state index in [0.717, 1.165) is 37.0 Å². The second-order valence-corrected chi connectivity index (χ2v) is 9.72. The van der Waals surface area contributed by atoms with Crippen molar-refractivity contribution in [1.82, 2.24) is 0 Å². The predicted octanol–water partition coefficient (Wildman–Crippen LogP) is 8.28. The Morgan fingerprint density at radius 1 is 0.641 bits per heavy atom. The predicted molar refractivity (Wildman–Crippen MR) is 162 cm³/mol. The molecule has 4 heteroatoms. The van der Waals surface area contributed by atoms with Crippen LogP contribution in [0.2, 0.25) is 0 Å². The fraction of sp³-hybridized carbons (Fsp3) is 0.229. The van der Waals surface area contributed by atoms with E-state index in [4.69, 9.17) is 9.47 Å². The van der Waals surface area contributed by atoms with Crippen molar-refractivity contribution in [2.45, 2.75) is 25.7 Å². The van der Waals surface area contributed by atoms with Crippen LogP contribution in [0.25, 0.3) is 28.3 Å². The molecule has 4 rings (SSSR count). The number of anilines is 1. The highest BCUT2D eigenvalue weighted by Crippen LogP contribution is 2.27. The molecule has 0 amide bonds. The summed E-state index contributed by atoms with van der Waals surface area (Å²) in [5.74, 6) is 0.590. The maximum Gasteiger partial charge on any atom is 0.330 e. The summed E-state index contributed by atoms with van der Waals surface area (Å²) in [6.45, 7) is 1.13. The lowest BCUT2D eigenvalue weighted by Crippen LogP contribution is -2.07. The lowest BCUT2D eigenvalue weighted by Gasteiger charge is -2.13. The summed E-state index contributed by atoms with van der Waals surface area (Å²) in [5, 5.41) is 0. The van der Waals surface area contributed by atoms with Crippen molar-refractivity contribution in [2.75, 3.05) is 32.2 Å². The van der Waals surface area contributed by atoms with Crippen LogP contribution in [0.15, 0.2) is 109 Å². The number of nitrogens with zero attached hydrogens (tertiary/aromatic N) is 1. The number of hydrogen-bond donors (Lipinski definition) is 0. The molecule has 4 aromatic carbocycles. The summed E-state index contributed by atoms with van der Waals surface area (Å²) in [6, 6.07) is 35.3. The summed E-state index contributed by atoms with van der Waals surface area (Å²) in [5.41, 5.74) is 6.97. The Bertz CT molecular complexity index is 1310. The first kappa shape index (κ1) is 27.7. The van der Waals surface area contributed by atoms with Gasteiger partial charge in [0.25, 0.3) is 0 Å². The van der Waals surface area contributed by atoms with Gasteiger partial charge >= 0.3 is 5.97 Å². The minimum atomic E-state index is -0.295. The molecule has 4 aromatic rings. The molecule has 0 atom stereocenters. The van der Waals surface area contributed by atoms with Crippen molar-refractivity contribution in [3.05, 3.63) is 115 Å². The third-order valence-electron chi connectivity index (χ3n) is 6.55. The van der Waals surface area contributed by atoms with Gasteiger partial charge in [-0.15, -0.1) is 0 Å². The molecule has 0 bridgehead atoms. The second-order valence-electron chi connectivity index (χ2n) is 9.72. The average molecular weight is 520 g/mol. The molecule has 0 saturated heterocycles. The topological polar surface area (TPSA) is 38.8 Å². The van der Waals surface area contributed by atoms with Gasteiger partial charge in [0, 0.05) is 25.9 Å². The smallest absolute Gasteiger partial charge is 0.330 e. The Balaban J connectivity index is 1.11. The highest BCUT2D eigenvalue weighted by atomic mass is 16.5. The summed E-state index contributed by atoms with van der Waals surface area (Å²) in [7, 11) is 4.11. The van der Waals surface area contributed by atoms with E-state index in [9.17, 15) is 4.79 Å². The highest BCUT2D eigenvalue weighted by molar-refractivity contribution is 5.87. The fourth-order valence-electron chi connectivity index (χ4n) is 4.25. The van der Waals surface area contributed by atoms with E-state index in [1.54, 1.807) is 6.08 Å². The first-order chi connectivity index (χ1) is 19.1. The van der Waals surface area contributed by atoms with E-state index in [2.05, 4.69) is 79.7 Å². The van der Waals surface area contributed by atoms with Crippen molar-refractivity contribution in [2.24, 2.45) is 0 Å². The van der Waals surface area contributed by atoms with Crippen LogP contribution in [0, 0.1) is 0 Å². The largest absolute Gasteiger partial charge is 0.494 e. The van der Waals surface area contributed by atoms with E-state index in [1.165, 1.54) is 34.0 Å². The molecular weight excluding hydrogens is 482 g/mol. The molecule has 0 aliphatic rings. The molecular formula is C35H37NO3. The number of ether oxygens (including phenoxy) is 2. The third kappa shape index (κ3) is 8.89. The van der Waals surface area contributed by atoms with Crippen molar-refractivity contribution < 1.29 is 14.3 Å². The molecule has 39 heavy (non-hydrogen) atoms. The molecule has 0 aliphatic carbocycles. The average Bonchev–Trinajstić information content (AvgIpc) is 2.98. The van der Waals surface area contributed by atoms with Gasteiger partial charge in [-0.25, -0.2) is 4.79 Å². The van der Waals surface area contributed by atoms with E-state index >= 15 is 0 Å². The van der Waals surface area contributed by atoms with Gasteiger partial charge in [0.2, 0.25) is 0 Å². The first-order valence-corrected chi connectivity index (χ1v) is 13.6. The van der Waals surface area contributed by atoms with Crippen LogP contribution in [0.3, 0.4) is 0 Å². The number of unbranched alkanes of at least 4 members (excludes halogenated alkanes) is 3. The zero-order valence-electron chi connectivity index (χ0n) is 22.9. The maximum atomic E-state index is 11.8. The number of carbonyl (C=O) groups is 1. The molecule has 0 aromatic heterocycles. The lowest BCUT2D eigenvalue weighted by molar-refractivity contribution is -0.137.